The minimum atomic E-state index is -0.859. The first kappa shape index (κ1) is 15.2. The molecule has 0 aliphatic carbocycles. The lowest BCUT2D eigenvalue weighted by molar-refractivity contribution is -0.149. The molecular formula is C13H20N2O4. The Hall–Kier alpha value is -1.85. The molecule has 6 heteroatoms. The highest BCUT2D eigenvalue weighted by molar-refractivity contribution is 5.70. The quantitative estimate of drug-likeness (QED) is 0.753. The highest BCUT2D eigenvalue weighted by Crippen LogP contribution is 2.21. The Balaban J connectivity index is 2.81. The normalized spacial score (nSPS) is 13.8. The van der Waals surface area contributed by atoms with E-state index in [1.54, 1.807) is 12.5 Å². The standard InChI is InChI=1S/C13H20N2O4/c1-4-12(13(17)18)10(7-19-9(2)16)5-11-6-14-8-15(11)3/h6,8,10,12H,4-5,7H2,1-3H3,(H,17,18). The molecule has 2 atom stereocenters. The van der Waals surface area contributed by atoms with Crippen molar-refractivity contribution in [2.75, 3.05) is 6.61 Å². The van der Waals surface area contributed by atoms with Gasteiger partial charge in [0.05, 0.1) is 18.9 Å². The molecule has 106 valence electrons. The molecule has 0 aliphatic rings. The fraction of sp³-hybridized carbons (Fsp3) is 0.615. The van der Waals surface area contributed by atoms with Crippen molar-refractivity contribution < 1.29 is 19.4 Å². The number of carbonyl (C=O) groups excluding carboxylic acids is 1. The maximum Gasteiger partial charge on any atom is 0.306 e. The molecule has 1 heterocycles. The number of hydrogen-bond donors (Lipinski definition) is 1. The summed E-state index contributed by atoms with van der Waals surface area (Å²) in [6, 6.07) is 0. The summed E-state index contributed by atoms with van der Waals surface area (Å²) in [7, 11) is 1.85. The number of aryl methyl sites for hydroxylation is 1. The molecule has 1 rings (SSSR count). The van der Waals surface area contributed by atoms with Crippen LogP contribution in [0.4, 0.5) is 0 Å². The first-order valence-corrected chi connectivity index (χ1v) is 6.27. The van der Waals surface area contributed by atoms with Crippen LogP contribution in [0.25, 0.3) is 0 Å². The maximum atomic E-state index is 11.3. The van der Waals surface area contributed by atoms with Crippen molar-refractivity contribution in [1.29, 1.82) is 0 Å². The Morgan fingerprint density at radius 2 is 2.21 bits per heavy atom. The second kappa shape index (κ2) is 6.92. The fourth-order valence-electron chi connectivity index (χ4n) is 2.10. The zero-order chi connectivity index (χ0) is 14.4. The van der Waals surface area contributed by atoms with E-state index in [1.807, 2.05) is 18.5 Å². The second-order valence-electron chi connectivity index (χ2n) is 4.62. The molecule has 0 aromatic carbocycles. The van der Waals surface area contributed by atoms with Crippen LogP contribution in [0.3, 0.4) is 0 Å². The van der Waals surface area contributed by atoms with Gasteiger partial charge in [0, 0.05) is 31.8 Å². The minimum Gasteiger partial charge on any atom is -0.481 e. The van der Waals surface area contributed by atoms with Gasteiger partial charge in [-0.1, -0.05) is 6.92 Å². The monoisotopic (exact) mass is 268 g/mol. The molecule has 19 heavy (non-hydrogen) atoms. The predicted octanol–water partition coefficient (Wildman–Crippen LogP) is 1.25. The van der Waals surface area contributed by atoms with E-state index in [-0.39, 0.29) is 12.5 Å². The molecule has 0 saturated carbocycles. The van der Waals surface area contributed by atoms with E-state index in [9.17, 15) is 14.7 Å². The summed E-state index contributed by atoms with van der Waals surface area (Å²) in [5.74, 6) is -2.03. The number of ether oxygens (including phenoxy) is 1. The van der Waals surface area contributed by atoms with Gasteiger partial charge >= 0.3 is 11.9 Å². The fourth-order valence-corrected chi connectivity index (χ4v) is 2.10. The third-order valence-corrected chi connectivity index (χ3v) is 3.21. The summed E-state index contributed by atoms with van der Waals surface area (Å²) in [5, 5.41) is 9.24. The van der Waals surface area contributed by atoms with Crippen LogP contribution in [-0.2, 0) is 27.8 Å². The number of carbonyl (C=O) groups is 2. The highest BCUT2D eigenvalue weighted by atomic mass is 16.5. The van der Waals surface area contributed by atoms with Crippen molar-refractivity contribution in [3.63, 3.8) is 0 Å². The van der Waals surface area contributed by atoms with Gasteiger partial charge in [-0.15, -0.1) is 0 Å². The van der Waals surface area contributed by atoms with Crippen molar-refractivity contribution in [1.82, 2.24) is 9.55 Å². The Bertz CT molecular complexity index is 442. The summed E-state index contributed by atoms with van der Waals surface area (Å²) in [6.07, 6.45) is 4.39. The molecule has 0 saturated heterocycles. The predicted molar refractivity (Wildman–Crippen MR) is 68.5 cm³/mol. The van der Waals surface area contributed by atoms with Gasteiger partial charge in [0.2, 0.25) is 0 Å². The number of esters is 1. The number of imidazole rings is 1. The summed E-state index contributed by atoms with van der Waals surface area (Å²) in [4.78, 5) is 26.2. The van der Waals surface area contributed by atoms with Gasteiger partial charge in [-0.25, -0.2) is 4.98 Å². The van der Waals surface area contributed by atoms with Crippen molar-refractivity contribution in [2.24, 2.45) is 18.9 Å². The molecule has 6 nitrogen and oxygen atoms in total. The van der Waals surface area contributed by atoms with E-state index < -0.39 is 17.9 Å². The lowest BCUT2D eigenvalue weighted by Crippen LogP contribution is -2.29. The van der Waals surface area contributed by atoms with Gasteiger partial charge in [0.15, 0.2) is 0 Å². The molecule has 0 aliphatic heterocycles. The van der Waals surface area contributed by atoms with Crippen molar-refractivity contribution in [3.05, 3.63) is 18.2 Å². The van der Waals surface area contributed by atoms with Gasteiger partial charge in [0.1, 0.15) is 0 Å². The Labute approximate surface area is 112 Å². The first-order chi connectivity index (χ1) is 8.95. The van der Waals surface area contributed by atoms with Crippen LogP contribution in [0.5, 0.6) is 0 Å². The minimum absolute atomic E-state index is 0.116. The molecule has 0 fully saturated rings. The third-order valence-electron chi connectivity index (χ3n) is 3.21. The van der Waals surface area contributed by atoms with Crippen LogP contribution >= 0.6 is 0 Å². The molecule has 1 aromatic rings. The lowest BCUT2D eigenvalue weighted by atomic mass is 9.87. The van der Waals surface area contributed by atoms with E-state index in [4.69, 9.17) is 4.74 Å². The number of carboxylic acids is 1. The van der Waals surface area contributed by atoms with E-state index >= 15 is 0 Å². The van der Waals surface area contributed by atoms with E-state index in [2.05, 4.69) is 4.98 Å². The van der Waals surface area contributed by atoms with Crippen LogP contribution in [0.2, 0.25) is 0 Å². The van der Waals surface area contributed by atoms with E-state index in [0.29, 0.717) is 12.8 Å². The lowest BCUT2D eigenvalue weighted by Gasteiger charge is -2.22. The Morgan fingerprint density at radius 1 is 1.53 bits per heavy atom. The van der Waals surface area contributed by atoms with Crippen LogP contribution in [0.15, 0.2) is 12.5 Å². The van der Waals surface area contributed by atoms with E-state index in [1.165, 1.54) is 6.92 Å². The maximum absolute atomic E-state index is 11.3. The summed E-state index contributed by atoms with van der Waals surface area (Å²) >= 11 is 0. The highest BCUT2D eigenvalue weighted by Gasteiger charge is 2.28. The Kier molecular flexibility index (Phi) is 5.54. The number of aliphatic carboxylic acids is 1. The van der Waals surface area contributed by atoms with Crippen molar-refractivity contribution >= 4 is 11.9 Å². The SMILES string of the molecule is CCC(C(=O)O)C(COC(C)=O)Cc1cncn1C. The number of aromatic nitrogens is 2. The average Bonchev–Trinajstić information content (AvgIpc) is 2.72. The largest absolute Gasteiger partial charge is 0.481 e. The van der Waals surface area contributed by atoms with Crippen molar-refractivity contribution in [2.45, 2.75) is 26.7 Å². The van der Waals surface area contributed by atoms with E-state index in [0.717, 1.165) is 5.69 Å². The Morgan fingerprint density at radius 3 is 2.63 bits per heavy atom. The van der Waals surface area contributed by atoms with Crippen LogP contribution in [-0.4, -0.2) is 33.2 Å². The molecule has 0 bridgehead atoms. The molecule has 0 radical (unpaired) electrons. The van der Waals surface area contributed by atoms with Gasteiger partial charge in [0.25, 0.3) is 0 Å². The van der Waals surface area contributed by atoms with Crippen LogP contribution in [0.1, 0.15) is 26.0 Å². The zero-order valence-corrected chi connectivity index (χ0v) is 11.5. The first-order valence-electron chi connectivity index (χ1n) is 6.27. The summed E-state index contributed by atoms with van der Waals surface area (Å²) in [6.45, 7) is 3.26. The van der Waals surface area contributed by atoms with Gasteiger partial charge in [-0.2, -0.15) is 0 Å². The molecule has 0 amide bonds. The molecule has 1 N–H and O–H groups in total. The number of nitrogens with zero attached hydrogens (tertiary/aromatic N) is 2. The number of rotatable bonds is 7. The zero-order valence-electron chi connectivity index (χ0n) is 11.5. The smallest absolute Gasteiger partial charge is 0.306 e. The van der Waals surface area contributed by atoms with Gasteiger partial charge < -0.3 is 14.4 Å². The average molecular weight is 268 g/mol. The van der Waals surface area contributed by atoms with Gasteiger partial charge in [-0.05, 0) is 12.8 Å². The number of hydrogen-bond acceptors (Lipinski definition) is 4. The third kappa shape index (κ3) is 4.39. The summed E-state index contributed by atoms with van der Waals surface area (Å²) in [5.41, 5.74) is 0.928. The van der Waals surface area contributed by atoms with Crippen LogP contribution < -0.4 is 0 Å². The van der Waals surface area contributed by atoms with Crippen LogP contribution in [0, 0.1) is 11.8 Å². The van der Waals surface area contributed by atoms with Gasteiger partial charge in [-0.3, -0.25) is 9.59 Å². The molecular weight excluding hydrogens is 248 g/mol. The second-order valence-corrected chi connectivity index (χ2v) is 4.62. The summed E-state index contributed by atoms with van der Waals surface area (Å²) < 4.78 is 6.84. The topological polar surface area (TPSA) is 81.4 Å². The molecule has 0 spiro atoms. The number of carboxylic acid groups (broad SMARTS) is 1. The molecule has 1 aromatic heterocycles. The van der Waals surface area contributed by atoms with Crippen molar-refractivity contribution in [3.8, 4) is 0 Å². The molecule has 2 unspecified atom stereocenters.